The summed E-state index contributed by atoms with van der Waals surface area (Å²) in [5.74, 6) is -0.473. The molecule has 0 spiro atoms. The third-order valence-corrected chi connectivity index (χ3v) is 2.61. The summed E-state index contributed by atoms with van der Waals surface area (Å²) in [6, 6.07) is 0.142. The zero-order valence-electron chi connectivity index (χ0n) is 11.2. The quantitative estimate of drug-likeness (QED) is 0.754. The van der Waals surface area contributed by atoms with Crippen LogP contribution in [-0.4, -0.2) is 34.9 Å². The lowest BCUT2D eigenvalue weighted by Gasteiger charge is -2.22. The summed E-state index contributed by atoms with van der Waals surface area (Å²) in [4.78, 5) is 30.4. The standard InChI is InChI=1S/C12H22N2O3/c1-8(2)14-7-9(6-10(14)15)11(16)13-17-12(3,4)5/h8-9H,6-7H2,1-5H3,(H,13,16). The molecule has 0 bridgehead atoms. The number of carbonyl (C=O) groups is 2. The van der Waals surface area contributed by atoms with E-state index in [4.69, 9.17) is 4.84 Å². The Bertz CT molecular complexity index is 307. The van der Waals surface area contributed by atoms with E-state index in [1.54, 1.807) is 4.90 Å². The summed E-state index contributed by atoms with van der Waals surface area (Å²) in [6.07, 6.45) is 0.275. The van der Waals surface area contributed by atoms with Crippen molar-refractivity contribution < 1.29 is 14.4 Å². The van der Waals surface area contributed by atoms with Crippen molar-refractivity contribution in [2.24, 2.45) is 5.92 Å². The highest BCUT2D eigenvalue weighted by Gasteiger charge is 2.35. The van der Waals surface area contributed by atoms with Crippen LogP contribution in [0.5, 0.6) is 0 Å². The lowest BCUT2D eigenvalue weighted by molar-refractivity contribution is -0.149. The first-order valence-corrected chi connectivity index (χ1v) is 5.98. The molecule has 1 saturated heterocycles. The smallest absolute Gasteiger partial charge is 0.248 e. The van der Waals surface area contributed by atoms with Crippen molar-refractivity contribution in [1.29, 1.82) is 0 Å². The molecule has 98 valence electrons. The lowest BCUT2D eigenvalue weighted by atomic mass is 10.1. The number of amides is 2. The average Bonchev–Trinajstić information content (AvgIpc) is 2.55. The number of hydrogen-bond donors (Lipinski definition) is 1. The predicted octanol–water partition coefficient (Wildman–Crippen LogP) is 1.09. The average molecular weight is 242 g/mol. The maximum atomic E-state index is 11.8. The van der Waals surface area contributed by atoms with Gasteiger partial charge in [0.25, 0.3) is 0 Å². The van der Waals surface area contributed by atoms with E-state index in [-0.39, 0.29) is 30.2 Å². The van der Waals surface area contributed by atoms with Gasteiger partial charge in [0.15, 0.2) is 0 Å². The molecule has 1 fully saturated rings. The minimum absolute atomic E-state index is 0.0379. The molecule has 0 radical (unpaired) electrons. The molecule has 1 rings (SSSR count). The van der Waals surface area contributed by atoms with E-state index in [1.807, 2.05) is 34.6 Å². The Morgan fingerprint density at radius 2 is 2.06 bits per heavy atom. The van der Waals surface area contributed by atoms with Crippen molar-refractivity contribution in [3.63, 3.8) is 0 Å². The topological polar surface area (TPSA) is 58.6 Å². The molecule has 5 heteroatoms. The third kappa shape index (κ3) is 4.00. The summed E-state index contributed by atoms with van der Waals surface area (Å²) in [5.41, 5.74) is 2.01. The Kier molecular flexibility index (Phi) is 4.14. The zero-order chi connectivity index (χ0) is 13.2. The molecule has 1 aliphatic rings. The first-order chi connectivity index (χ1) is 7.70. The van der Waals surface area contributed by atoms with Crippen LogP contribution in [0.2, 0.25) is 0 Å². The van der Waals surface area contributed by atoms with Crippen LogP contribution in [0.1, 0.15) is 41.0 Å². The Labute approximate surface area is 102 Å². The normalized spacial score (nSPS) is 21.2. The summed E-state index contributed by atoms with van der Waals surface area (Å²) < 4.78 is 0. The summed E-state index contributed by atoms with van der Waals surface area (Å²) in [7, 11) is 0. The molecule has 2 amide bonds. The van der Waals surface area contributed by atoms with Crippen LogP contribution in [-0.2, 0) is 14.4 Å². The SMILES string of the molecule is CC(C)N1CC(C(=O)NOC(C)(C)C)CC1=O. The molecular weight excluding hydrogens is 220 g/mol. The van der Waals surface area contributed by atoms with Gasteiger partial charge >= 0.3 is 0 Å². The van der Waals surface area contributed by atoms with Gasteiger partial charge in [-0.25, -0.2) is 5.48 Å². The van der Waals surface area contributed by atoms with E-state index < -0.39 is 5.60 Å². The van der Waals surface area contributed by atoms with Gasteiger partial charge in [-0.05, 0) is 34.6 Å². The van der Waals surface area contributed by atoms with Gasteiger partial charge in [0.05, 0.1) is 11.5 Å². The second-order valence-electron chi connectivity index (χ2n) is 5.72. The second kappa shape index (κ2) is 5.04. The van der Waals surface area contributed by atoms with E-state index in [0.717, 1.165) is 0 Å². The third-order valence-electron chi connectivity index (χ3n) is 2.61. The first kappa shape index (κ1) is 14.0. The molecular formula is C12H22N2O3. The Morgan fingerprint density at radius 3 is 2.47 bits per heavy atom. The van der Waals surface area contributed by atoms with Crippen molar-refractivity contribution >= 4 is 11.8 Å². The number of carbonyl (C=O) groups excluding carboxylic acids is 2. The van der Waals surface area contributed by atoms with Crippen LogP contribution in [0.15, 0.2) is 0 Å². The molecule has 0 aromatic carbocycles. The monoisotopic (exact) mass is 242 g/mol. The summed E-state index contributed by atoms with van der Waals surface area (Å²) in [6.45, 7) is 9.94. The molecule has 17 heavy (non-hydrogen) atoms. The molecule has 1 atom stereocenters. The molecule has 1 N–H and O–H groups in total. The fraction of sp³-hybridized carbons (Fsp3) is 0.833. The van der Waals surface area contributed by atoms with Gasteiger partial charge in [-0.1, -0.05) is 0 Å². The highest BCUT2D eigenvalue weighted by molar-refractivity contribution is 5.88. The van der Waals surface area contributed by atoms with Gasteiger partial charge in [-0.2, -0.15) is 0 Å². The number of hydrogen-bond acceptors (Lipinski definition) is 3. The molecule has 1 heterocycles. The molecule has 1 aliphatic heterocycles. The van der Waals surface area contributed by atoms with Crippen molar-refractivity contribution in [3.05, 3.63) is 0 Å². The molecule has 0 aromatic heterocycles. The number of nitrogens with one attached hydrogen (secondary N) is 1. The summed E-state index contributed by atoms with van der Waals surface area (Å²) in [5, 5.41) is 0. The number of nitrogens with zero attached hydrogens (tertiary/aromatic N) is 1. The molecule has 5 nitrogen and oxygen atoms in total. The van der Waals surface area contributed by atoms with Gasteiger partial charge in [0.2, 0.25) is 11.8 Å². The zero-order valence-corrected chi connectivity index (χ0v) is 11.2. The largest absolute Gasteiger partial charge is 0.339 e. The van der Waals surface area contributed by atoms with E-state index >= 15 is 0 Å². The van der Waals surface area contributed by atoms with Crippen LogP contribution in [0, 0.1) is 5.92 Å². The van der Waals surface area contributed by atoms with Crippen molar-refractivity contribution in [2.45, 2.75) is 52.7 Å². The highest BCUT2D eigenvalue weighted by atomic mass is 16.7. The van der Waals surface area contributed by atoms with Crippen LogP contribution in [0.4, 0.5) is 0 Å². The first-order valence-electron chi connectivity index (χ1n) is 5.98. The fourth-order valence-corrected chi connectivity index (χ4v) is 1.69. The van der Waals surface area contributed by atoms with Crippen LogP contribution in [0.25, 0.3) is 0 Å². The van der Waals surface area contributed by atoms with E-state index in [2.05, 4.69) is 5.48 Å². The van der Waals surface area contributed by atoms with Crippen LogP contribution < -0.4 is 5.48 Å². The van der Waals surface area contributed by atoms with Crippen molar-refractivity contribution in [1.82, 2.24) is 10.4 Å². The maximum Gasteiger partial charge on any atom is 0.248 e. The van der Waals surface area contributed by atoms with Crippen LogP contribution >= 0.6 is 0 Å². The second-order valence-corrected chi connectivity index (χ2v) is 5.72. The van der Waals surface area contributed by atoms with E-state index in [9.17, 15) is 9.59 Å². The minimum Gasteiger partial charge on any atom is -0.339 e. The Balaban J connectivity index is 2.48. The summed E-state index contributed by atoms with van der Waals surface area (Å²) >= 11 is 0. The van der Waals surface area contributed by atoms with Gasteiger partial charge in [-0.15, -0.1) is 0 Å². The molecule has 0 saturated carbocycles. The predicted molar refractivity (Wildman–Crippen MR) is 63.9 cm³/mol. The van der Waals surface area contributed by atoms with Gasteiger partial charge in [-0.3, -0.25) is 14.4 Å². The lowest BCUT2D eigenvalue weighted by Crippen LogP contribution is -2.39. The highest BCUT2D eigenvalue weighted by Crippen LogP contribution is 2.20. The number of likely N-dealkylation sites (tertiary alicyclic amines) is 1. The molecule has 0 aromatic rings. The molecule has 0 aliphatic carbocycles. The Morgan fingerprint density at radius 1 is 1.47 bits per heavy atom. The Hall–Kier alpha value is -1.10. The number of hydroxylamine groups is 1. The van der Waals surface area contributed by atoms with E-state index in [1.165, 1.54) is 0 Å². The van der Waals surface area contributed by atoms with Gasteiger partial charge in [0, 0.05) is 19.0 Å². The van der Waals surface area contributed by atoms with Gasteiger partial charge in [0.1, 0.15) is 0 Å². The fourth-order valence-electron chi connectivity index (χ4n) is 1.69. The van der Waals surface area contributed by atoms with Gasteiger partial charge < -0.3 is 4.90 Å². The van der Waals surface area contributed by atoms with Crippen LogP contribution in [0.3, 0.4) is 0 Å². The maximum absolute atomic E-state index is 11.8. The molecule has 1 unspecified atom stereocenters. The number of rotatable bonds is 3. The van der Waals surface area contributed by atoms with E-state index in [0.29, 0.717) is 6.54 Å². The van der Waals surface area contributed by atoms with Crippen molar-refractivity contribution in [2.75, 3.05) is 6.54 Å². The van der Waals surface area contributed by atoms with Crippen molar-refractivity contribution in [3.8, 4) is 0 Å². The minimum atomic E-state index is -0.421.